The van der Waals surface area contributed by atoms with Crippen molar-refractivity contribution in [3.63, 3.8) is 0 Å². The first-order valence-electron chi connectivity index (χ1n) is 5.08. The summed E-state index contributed by atoms with van der Waals surface area (Å²) in [6.45, 7) is 0. The summed E-state index contributed by atoms with van der Waals surface area (Å²) < 4.78 is 39.6. The predicted octanol–water partition coefficient (Wildman–Crippen LogP) is 4.12. The molecule has 0 saturated carbocycles. The Morgan fingerprint density at radius 2 is 1.63 bits per heavy atom. The molecular formula is C13H6ClF3O2. The van der Waals surface area contributed by atoms with Crippen molar-refractivity contribution in [3.8, 4) is 11.1 Å². The lowest BCUT2D eigenvalue weighted by Gasteiger charge is -2.07. The largest absolute Gasteiger partial charge is 0.478 e. The molecule has 0 spiro atoms. The van der Waals surface area contributed by atoms with Crippen LogP contribution in [0.5, 0.6) is 0 Å². The molecule has 0 aliphatic rings. The second-order valence-electron chi connectivity index (χ2n) is 3.75. The average Bonchev–Trinajstić information content (AvgIpc) is 2.33. The van der Waals surface area contributed by atoms with Crippen LogP contribution in [-0.4, -0.2) is 11.1 Å². The van der Waals surface area contributed by atoms with Crippen molar-refractivity contribution >= 4 is 17.6 Å². The van der Waals surface area contributed by atoms with E-state index in [1.807, 2.05) is 0 Å². The summed E-state index contributed by atoms with van der Waals surface area (Å²) >= 11 is 5.75. The Morgan fingerprint density at radius 1 is 1.00 bits per heavy atom. The molecule has 2 aromatic carbocycles. The fourth-order valence-electron chi connectivity index (χ4n) is 1.60. The van der Waals surface area contributed by atoms with Gasteiger partial charge < -0.3 is 5.11 Å². The van der Waals surface area contributed by atoms with E-state index >= 15 is 0 Å². The van der Waals surface area contributed by atoms with Crippen LogP contribution in [0.15, 0.2) is 30.3 Å². The SMILES string of the molecule is O=C(O)c1ccc(-c2cc(F)c(F)cc2Cl)cc1F. The van der Waals surface area contributed by atoms with Crippen molar-refractivity contribution in [2.75, 3.05) is 0 Å². The molecule has 98 valence electrons. The molecule has 6 heteroatoms. The van der Waals surface area contributed by atoms with Gasteiger partial charge in [-0.15, -0.1) is 0 Å². The van der Waals surface area contributed by atoms with Crippen LogP contribution >= 0.6 is 11.6 Å². The lowest BCUT2D eigenvalue weighted by Crippen LogP contribution is -2.00. The third-order valence-electron chi connectivity index (χ3n) is 2.52. The van der Waals surface area contributed by atoms with Crippen LogP contribution in [0.2, 0.25) is 5.02 Å². The number of benzene rings is 2. The van der Waals surface area contributed by atoms with E-state index in [1.165, 1.54) is 6.07 Å². The minimum absolute atomic E-state index is 0.0800. The number of carboxylic acids is 1. The Bertz CT molecular complexity index is 671. The average molecular weight is 287 g/mol. The van der Waals surface area contributed by atoms with E-state index in [0.717, 1.165) is 24.3 Å². The third-order valence-corrected chi connectivity index (χ3v) is 2.83. The smallest absolute Gasteiger partial charge is 0.338 e. The van der Waals surface area contributed by atoms with E-state index in [1.54, 1.807) is 0 Å². The first kappa shape index (κ1) is 13.4. The Morgan fingerprint density at radius 3 is 2.21 bits per heavy atom. The summed E-state index contributed by atoms with van der Waals surface area (Å²) in [5, 5.41) is 8.59. The van der Waals surface area contributed by atoms with E-state index in [2.05, 4.69) is 0 Å². The summed E-state index contributed by atoms with van der Waals surface area (Å²) in [6, 6.07) is 4.81. The summed E-state index contributed by atoms with van der Waals surface area (Å²) in [7, 11) is 0. The van der Waals surface area contributed by atoms with Crippen molar-refractivity contribution in [2.45, 2.75) is 0 Å². The molecule has 19 heavy (non-hydrogen) atoms. The molecule has 0 bridgehead atoms. The van der Waals surface area contributed by atoms with Gasteiger partial charge in [-0.3, -0.25) is 0 Å². The molecule has 0 radical (unpaired) electrons. The van der Waals surface area contributed by atoms with E-state index in [-0.39, 0.29) is 16.1 Å². The molecule has 1 N–H and O–H groups in total. The van der Waals surface area contributed by atoms with Crippen molar-refractivity contribution in [3.05, 3.63) is 58.4 Å². The standard InChI is InChI=1S/C13H6ClF3O2/c14-9-5-12(17)11(16)4-8(9)6-1-2-7(13(18)19)10(15)3-6/h1-5H,(H,18,19). The van der Waals surface area contributed by atoms with Gasteiger partial charge in [0.25, 0.3) is 0 Å². The number of carbonyl (C=O) groups is 1. The second kappa shape index (κ2) is 4.93. The van der Waals surface area contributed by atoms with Crippen LogP contribution in [0.3, 0.4) is 0 Å². The molecule has 0 aliphatic carbocycles. The van der Waals surface area contributed by atoms with Gasteiger partial charge in [0, 0.05) is 5.56 Å². The van der Waals surface area contributed by atoms with Gasteiger partial charge in [0.15, 0.2) is 11.6 Å². The molecule has 0 atom stereocenters. The highest BCUT2D eigenvalue weighted by Crippen LogP contribution is 2.31. The monoisotopic (exact) mass is 286 g/mol. The fourth-order valence-corrected chi connectivity index (χ4v) is 1.86. The number of halogens is 4. The van der Waals surface area contributed by atoms with Crippen LogP contribution < -0.4 is 0 Å². The molecule has 0 saturated heterocycles. The van der Waals surface area contributed by atoms with Gasteiger partial charge in [-0.1, -0.05) is 17.7 Å². The van der Waals surface area contributed by atoms with Crippen LogP contribution in [0.25, 0.3) is 11.1 Å². The van der Waals surface area contributed by atoms with Crippen LogP contribution in [0.4, 0.5) is 13.2 Å². The molecule has 2 rings (SSSR count). The van der Waals surface area contributed by atoms with Gasteiger partial charge in [0.05, 0.1) is 10.6 Å². The molecule has 0 aromatic heterocycles. The van der Waals surface area contributed by atoms with Gasteiger partial charge in [0.2, 0.25) is 0 Å². The Hall–Kier alpha value is -2.01. The van der Waals surface area contributed by atoms with E-state index in [4.69, 9.17) is 16.7 Å². The number of rotatable bonds is 2. The molecular weight excluding hydrogens is 281 g/mol. The maximum atomic E-state index is 13.5. The fraction of sp³-hybridized carbons (Fsp3) is 0. The topological polar surface area (TPSA) is 37.3 Å². The number of hydrogen-bond donors (Lipinski definition) is 1. The molecule has 0 aliphatic heterocycles. The van der Waals surface area contributed by atoms with Gasteiger partial charge in [-0.05, 0) is 29.8 Å². The first-order chi connectivity index (χ1) is 8.90. The van der Waals surface area contributed by atoms with Gasteiger partial charge in [-0.2, -0.15) is 0 Å². The van der Waals surface area contributed by atoms with E-state index in [0.29, 0.717) is 0 Å². The van der Waals surface area contributed by atoms with Crippen LogP contribution in [0.1, 0.15) is 10.4 Å². The van der Waals surface area contributed by atoms with Gasteiger partial charge in [0.1, 0.15) is 5.82 Å². The minimum atomic E-state index is -1.42. The number of aromatic carboxylic acids is 1. The molecule has 0 fully saturated rings. The summed E-state index contributed by atoms with van der Waals surface area (Å²) in [6.07, 6.45) is 0. The maximum Gasteiger partial charge on any atom is 0.338 e. The molecule has 0 heterocycles. The lowest BCUT2D eigenvalue weighted by molar-refractivity contribution is 0.0692. The van der Waals surface area contributed by atoms with Crippen molar-refractivity contribution in [1.82, 2.24) is 0 Å². The number of carboxylic acid groups (broad SMARTS) is 1. The Kier molecular flexibility index (Phi) is 3.48. The number of hydrogen-bond acceptors (Lipinski definition) is 1. The quantitative estimate of drug-likeness (QED) is 0.843. The van der Waals surface area contributed by atoms with Crippen LogP contribution in [-0.2, 0) is 0 Å². The zero-order chi connectivity index (χ0) is 14.2. The molecule has 2 aromatic rings. The Balaban J connectivity index is 2.57. The highest BCUT2D eigenvalue weighted by molar-refractivity contribution is 6.33. The third kappa shape index (κ3) is 2.56. The summed E-state index contributed by atoms with van der Waals surface area (Å²) in [4.78, 5) is 10.7. The maximum absolute atomic E-state index is 13.5. The second-order valence-corrected chi connectivity index (χ2v) is 4.15. The molecule has 2 nitrogen and oxygen atoms in total. The molecule has 0 amide bonds. The highest BCUT2D eigenvalue weighted by atomic mass is 35.5. The van der Waals surface area contributed by atoms with Crippen molar-refractivity contribution in [1.29, 1.82) is 0 Å². The molecule has 0 unspecified atom stereocenters. The lowest BCUT2D eigenvalue weighted by atomic mass is 10.0. The summed E-state index contributed by atoms with van der Waals surface area (Å²) in [5.74, 6) is -4.63. The zero-order valence-corrected chi connectivity index (χ0v) is 10.0. The highest BCUT2D eigenvalue weighted by Gasteiger charge is 2.14. The minimum Gasteiger partial charge on any atom is -0.478 e. The zero-order valence-electron chi connectivity index (χ0n) is 9.25. The van der Waals surface area contributed by atoms with Crippen LogP contribution in [0, 0.1) is 17.5 Å². The van der Waals surface area contributed by atoms with Gasteiger partial charge in [-0.25, -0.2) is 18.0 Å². The van der Waals surface area contributed by atoms with Gasteiger partial charge >= 0.3 is 5.97 Å². The predicted molar refractivity (Wildman–Crippen MR) is 63.7 cm³/mol. The summed E-state index contributed by atoms with van der Waals surface area (Å²) in [5.41, 5.74) is -0.273. The normalized spacial score (nSPS) is 10.5. The van der Waals surface area contributed by atoms with E-state index < -0.39 is 29.0 Å². The Labute approximate surface area is 111 Å². The van der Waals surface area contributed by atoms with Crippen molar-refractivity contribution < 1.29 is 23.1 Å². The van der Waals surface area contributed by atoms with Crippen molar-refractivity contribution in [2.24, 2.45) is 0 Å². The first-order valence-corrected chi connectivity index (χ1v) is 5.45. The van der Waals surface area contributed by atoms with E-state index in [9.17, 15) is 18.0 Å².